The molecule has 0 radical (unpaired) electrons. The molecule has 0 bridgehead atoms. The quantitative estimate of drug-likeness (QED) is 0.449. The maximum atomic E-state index is 11.6. The van der Waals surface area contributed by atoms with Gasteiger partial charge in [0.25, 0.3) is 0 Å². The second-order valence-corrected chi connectivity index (χ2v) is 3.90. The van der Waals surface area contributed by atoms with E-state index in [1.165, 1.54) is 0 Å². The van der Waals surface area contributed by atoms with E-state index in [0.29, 0.717) is 44.3 Å². The van der Waals surface area contributed by atoms with Crippen LogP contribution in [0.5, 0.6) is 0 Å². The average Bonchev–Trinajstić information content (AvgIpc) is 2.40. The standard InChI is InChI=1S/C13H21N3O3/c14-6-8-19-10-9-18-7-5-13(17)16-12-4-2-1-3-11(12)15/h1-4H,5-10,14-15H2,(H,16,17). The summed E-state index contributed by atoms with van der Waals surface area (Å²) in [6, 6.07) is 7.13. The van der Waals surface area contributed by atoms with Crippen LogP contribution in [0.25, 0.3) is 0 Å². The van der Waals surface area contributed by atoms with Gasteiger partial charge in [-0.05, 0) is 12.1 Å². The zero-order chi connectivity index (χ0) is 13.9. The Kier molecular flexibility index (Phi) is 7.57. The highest BCUT2D eigenvalue weighted by Crippen LogP contribution is 2.16. The molecule has 1 amide bonds. The summed E-state index contributed by atoms with van der Waals surface area (Å²) in [4.78, 5) is 11.6. The molecule has 6 heteroatoms. The van der Waals surface area contributed by atoms with E-state index in [9.17, 15) is 4.79 Å². The summed E-state index contributed by atoms with van der Waals surface area (Å²) in [6.45, 7) is 2.33. The third-order valence-corrected chi connectivity index (χ3v) is 2.34. The van der Waals surface area contributed by atoms with E-state index in [2.05, 4.69) is 5.32 Å². The molecule has 0 aromatic heterocycles. The predicted octanol–water partition coefficient (Wildman–Crippen LogP) is 0.589. The smallest absolute Gasteiger partial charge is 0.226 e. The van der Waals surface area contributed by atoms with Gasteiger partial charge in [-0.3, -0.25) is 4.79 Å². The first-order valence-electron chi connectivity index (χ1n) is 6.24. The Morgan fingerprint density at radius 1 is 1.11 bits per heavy atom. The average molecular weight is 267 g/mol. The fourth-order valence-electron chi connectivity index (χ4n) is 1.39. The molecule has 0 spiro atoms. The number of carbonyl (C=O) groups is 1. The van der Waals surface area contributed by atoms with Gasteiger partial charge in [0, 0.05) is 6.54 Å². The monoisotopic (exact) mass is 267 g/mol. The van der Waals surface area contributed by atoms with Crippen LogP contribution in [0.3, 0.4) is 0 Å². The van der Waals surface area contributed by atoms with Crippen molar-refractivity contribution in [3.63, 3.8) is 0 Å². The molecule has 0 fully saturated rings. The van der Waals surface area contributed by atoms with E-state index in [0.717, 1.165) is 0 Å². The molecule has 0 aliphatic rings. The van der Waals surface area contributed by atoms with E-state index < -0.39 is 0 Å². The van der Waals surface area contributed by atoms with Crippen molar-refractivity contribution in [3.05, 3.63) is 24.3 Å². The fraction of sp³-hybridized carbons (Fsp3) is 0.462. The minimum atomic E-state index is -0.124. The van der Waals surface area contributed by atoms with E-state index in [-0.39, 0.29) is 12.3 Å². The van der Waals surface area contributed by atoms with Crippen molar-refractivity contribution in [2.75, 3.05) is 44.0 Å². The summed E-state index contributed by atoms with van der Waals surface area (Å²) in [5, 5.41) is 2.73. The Balaban J connectivity index is 2.10. The highest BCUT2D eigenvalue weighted by atomic mass is 16.5. The number of nitrogens with two attached hydrogens (primary N) is 2. The van der Waals surface area contributed by atoms with Crippen LogP contribution in [-0.2, 0) is 14.3 Å². The van der Waals surface area contributed by atoms with Gasteiger partial charge in [0.05, 0.1) is 44.2 Å². The number of hydrogen-bond acceptors (Lipinski definition) is 5. The van der Waals surface area contributed by atoms with Gasteiger partial charge in [0.15, 0.2) is 0 Å². The van der Waals surface area contributed by atoms with E-state index in [1.807, 2.05) is 12.1 Å². The number of ether oxygens (including phenoxy) is 2. The van der Waals surface area contributed by atoms with Gasteiger partial charge in [0.2, 0.25) is 5.91 Å². The predicted molar refractivity (Wildman–Crippen MR) is 74.8 cm³/mol. The summed E-state index contributed by atoms with van der Waals surface area (Å²) >= 11 is 0. The maximum absolute atomic E-state index is 11.6. The lowest BCUT2D eigenvalue weighted by atomic mass is 10.2. The molecule has 106 valence electrons. The minimum Gasteiger partial charge on any atom is -0.397 e. The van der Waals surface area contributed by atoms with Crippen LogP contribution in [0, 0.1) is 0 Å². The Bertz CT molecular complexity index is 385. The molecule has 0 heterocycles. The topological polar surface area (TPSA) is 99.6 Å². The van der Waals surface area contributed by atoms with Gasteiger partial charge in [-0.1, -0.05) is 12.1 Å². The molecule has 6 nitrogen and oxygen atoms in total. The molecule has 0 atom stereocenters. The first kappa shape index (κ1) is 15.4. The van der Waals surface area contributed by atoms with Crippen LogP contribution in [0.4, 0.5) is 11.4 Å². The molecule has 19 heavy (non-hydrogen) atoms. The van der Waals surface area contributed by atoms with Crippen molar-refractivity contribution >= 4 is 17.3 Å². The van der Waals surface area contributed by atoms with Crippen molar-refractivity contribution in [3.8, 4) is 0 Å². The number of nitrogen functional groups attached to an aromatic ring is 1. The summed E-state index contributed by atoms with van der Waals surface area (Å²) in [5.41, 5.74) is 12.2. The van der Waals surface area contributed by atoms with E-state index in [1.54, 1.807) is 12.1 Å². The molecule has 5 N–H and O–H groups in total. The van der Waals surface area contributed by atoms with Gasteiger partial charge >= 0.3 is 0 Å². The number of carbonyl (C=O) groups excluding carboxylic acids is 1. The number of benzene rings is 1. The molecule has 0 aliphatic carbocycles. The number of hydrogen-bond donors (Lipinski definition) is 3. The Morgan fingerprint density at radius 2 is 1.79 bits per heavy atom. The van der Waals surface area contributed by atoms with E-state index in [4.69, 9.17) is 20.9 Å². The third kappa shape index (κ3) is 6.76. The van der Waals surface area contributed by atoms with Crippen LogP contribution in [0.15, 0.2) is 24.3 Å². The van der Waals surface area contributed by atoms with Gasteiger partial charge in [0.1, 0.15) is 0 Å². The van der Waals surface area contributed by atoms with E-state index >= 15 is 0 Å². The Morgan fingerprint density at radius 3 is 2.47 bits per heavy atom. The Labute approximate surface area is 113 Å². The van der Waals surface area contributed by atoms with Crippen LogP contribution in [0.1, 0.15) is 6.42 Å². The molecular formula is C13H21N3O3. The summed E-state index contributed by atoms with van der Waals surface area (Å²) in [5.74, 6) is -0.124. The minimum absolute atomic E-state index is 0.124. The van der Waals surface area contributed by atoms with Gasteiger partial charge in [-0.25, -0.2) is 0 Å². The lowest BCUT2D eigenvalue weighted by Gasteiger charge is -2.08. The number of amides is 1. The molecule has 0 unspecified atom stereocenters. The van der Waals surface area contributed by atoms with Gasteiger partial charge in [-0.15, -0.1) is 0 Å². The van der Waals surface area contributed by atoms with Crippen LogP contribution in [-0.4, -0.2) is 38.9 Å². The van der Waals surface area contributed by atoms with Crippen molar-refractivity contribution in [2.45, 2.75) is 6.42 Å². The fourth-order valence-corrected chi connectivity index (χ4v) is 1.39. The zero-order valence-corrected chi connectivity index (χ0v) is 10.9. The molecule has 0 saturated carbocycles. The van der Waals surface area contributed by atoms with Crippen molar-refractivity contribution in [2.24, 2.45) is 5.73 Å². The van der Waals surface area contributed by atoms with Gasteiger partial charge < -0.3 is 26.3 Å². The molecular weight excluding hydrogens is 246 g/mol. The van der Waals surface area contributed by atoms with Crippen LogP contribution < -0.4 is 16.8 Å². The lowest BCUT2D eigenvalue weighted by Crippen LogP contribution is -2.16. The lowest BCUT2D eigenvalue weighted by molar-refractivity contribution is -0.117. The van der Waals surface area contributed by atoms with Crippen molar-refractivity contribution in [1.29, 1.82) is 0 Å². The molecule has 0 aliphatic heterocycles. The summed E-state index contributed by atoms with van der Waals surface area (Å²) < 4.78 is 10.4. The zero-order valence-electron chi connectivity index (χ0n) is 10.9. The molecule has 1 rings (SSSR count). The SMILES string of the molecule is NCCOCCOCCC(=O)Nc1ccccc1N. The number of anilines is 2. The highest BCUT2D eigenvalue weighted by Gasteiger charge is 2.04. The molecule has 1 aromatic rings. The highest BCUT2D eigenvalue weighted by molar-refractivity contribution is 5.93. The summed E-state index contributed by atoms with van der Waals surface area (Å²) in [7, 11) is 0. The second kappa shape index (κ2) is 9.32. The van der Waals surface area contributed by atoms with Crippen molar-refractivity contribution < 1.29 is 14.3 Å². The Hall–Kier alpha value is -1.63. The van der Waals surface area contributed by atoms with Gasteiger partial charge in [-0.2, -0.15) is 0 Å². The normalized spacial score (nSPS) is 10.4. The van der Waals surface area contributed by atoms with Crippen molar-refractivity contribution in [1.82, 2.24) is 0 Å². The molecule has 0 saturated heterocycles. The van der Waals surface area contributed by atoms with Crippen LogP contribution in [0.2, 0.25) is 0 Å². The third-order valence-electron chi connectivity index (χ3n) is 2.34. The summed E-state index contributed by atoms with van der Waals surface area (Å²) in [6.07, 6.45) is 0.283. The maximum Gasteiger partial charge on any atom is 0.226 e. The molecule has 1 aromatic carbocycles. The first-order valence-corrected chi connectivity index (χ1v) is 6.24. The largest absolute Gasteiger partial charge is 0.397 e. The number of rotatable bonds is 9. The second-order valence-electron chi connectivity index (χ2n) is 3.90. The number of nitrogens with one attached hydrogen (secondary N) is 1. The van der Waals surface area contributed by atoms with Crippen LogP contribution >= 0.6 is 0 Å². The number of para-hydroxylation sites is 2. The first-order chi connectivity index (χ1) is 9.24.